The fourth-order valence-electron chi connectivity index (χ4n) is 4.63. The zero-order valence-electron chi connectivity index (χ0n) is 19.6. The van der Waals surface area contributed by atoms with E-state index in [1.54, 1.807) is 0 Å². The van der Waals surface area contributed by atoms with E-state index in [2.05, 4.69) is 33.9 Å². The number of urea groups is 1. The van der Waals surface area contributed by atoms with Gasteiger partial charge >= 0.3 is 6.03 Å². The highest BCUT2D eigenvalue weighted by Crippen LogP contribution is 2.40. The smallest absolute Gasteiger partial charge is 0.321 e. The molecule has 2 amide bonds. The molecule has 0 spiro atoms. The molecule has 0 unspecified atom stereocenters. The van der Waals surface area contributed by atoms with Crippen molar-refractivity contribution in [3.8, 4) is 0 Å². The maximum Gasteiger partial charge on any atom is 0.321 e. The fourth-order valence-corrected chi connectivity index (χ4v) is 4.63. The lowest BCUT2D eigenvalue weighted by Crippen LogP contribution is -2.43. The van der Waals surface area contributed by atoms with Crippen molar-refractivity contribution in [2.75, 3.05) is 45.2 Å². The molecule has 1 aromatic rings. The summed E-state index contributed by atoms with van der Waals surface area (Å²) in [6.45, 7) is 6.94. The van der Waals surface area contributed by atoms with E-state index in [-0.39, 0.29) is 30.0 Å². The first-order chi connectivity index (χ1) is 15.1. The summed E-state index contributed by atoms with van der Waals surface area (Å²) in [5, 5.41) is 9.97. The molecule has 7 nitrogen and oxygen atoms in total. The monoisotopic (exact) mass is 557 g/mol. The predicted molar refractivity (Wildman–Crippen MR) is 142 cm³/mol. The molecular formula is C24H40IN5O2. The Bertz CT molecular complexity index is 731. The van der Waals surface area contributed by atoms with Crippen LogP contribution in [0.25, 0.3) is 0 Å². The second-order valence-electron chi connectivity index (χ2n) is 8.76. The second kappa shape index (κ2) is 13.9. The van der Waals surface area contributed by atoms with Gasteiger partial charge in [0, 0.05) is 52.1 Å². The van der Waals surface area contributed by atoms with Crippen molar-refractivity contribution in [1.82, 2.24) is 15.5 Å². The third-order valence-corrected chi connectivity index (χ3v) is 6.53. The molecular weight excluding hydrogens is 517 g/mol. The molecule has 1 aliphatic carbocycles. The van der Waals surface area contributed by atoms with Crippen LogP contribution < -0.4 is 16.0 Å². The number of nitrogens with one attached hydrogen (secondary N) is 3. The van der Waals surface area contributed by atoms with Gasteiger partial charge in [-0.2, -0.15) is 0 Å². The predicted octanol–water partition coefficient (Wildman–Crippen LogP) is 4.58. The first-order valence-electron chi connectivity index (χ1n) is 11.8. The van der Waals surface area contributed by atoms with E-state index < -0.39 is 0 Å². The Morgan fingerprint density at radius 1 is 1.16 bits per heavy atom. The minimum absolute atomic E-state index is 0. The summed E-state index contributed by atoms with van der Waals surface area (Å²) in [5.41, 5.74) is 2.25. The molecule has 0 aromatic heterocycles. The van der Waals surface area contributed by atoms with Gasteiger partial charge in [-0.05, 0) is 62.1 Å². The molecule has 2 aliphatic rings. The first kappa shape index (κ1) is 26.7. The van der Waals surface area contributed by atoms with E-state index in [4.69, 9.17) is 4.74 Å². The molecule has 3 rings (SSSR count). The standard InChI is InChI=1S/C24H39N5O2.HI/c1-3-31-16-13-24(11-4-5-12-24)19-27-22(25-2)26-18-20-9-8-10-21(17-20)28-23(30)29-14-6-7-15-29;/h8-10,17H,3-7,11-16,18-19H2,1-2H3,(H,28,30)(H2,25,26,27);1H. The molecule has 180 valence electrons. The molecule has 0 bridgehead atoms. The highest BCUT2D eigenvalue weighted by Gasteiger charge is 2.33. The molecule has 1 aliphatic heterocycles. The molecule has 2 fully saturated rings. The van der Waals surface area contributed by atoms with Crippen molar-refractivity contribution in [1.29, 1.82) is 0 Å². The molecule has 32 heavy (non-hydrogen) atoms. The van der Waals surface area contributed by atoms with E-state index in [0.717, 1.165) is 69.3 Å². The van der Waals surface area contributed by atoms with E-state index >= 15 is 0 Å². The lowest BCUT2D eigenvalue weighted by atomic mass is 9.83. The molecule has 0 atom stereocenters. The van der Waals surface area contributed by atoms with Crippen molar-refractivity contribution in [2.45, 2.75) is 58.4 Å². The lowest BCUT2D eigenvalue weighted by Gasteiger charge is -2.30. The summed E-state index contributed by atoms with van der Waals surface area (Å²) in [6.07, 6.45) is 8.40. The first-order valence-corrected chi connectivity index (χ1v) is 11.8. The molecule has 1 heterocycles. The number of hydrogen-bond donors (Lipinski definition) is 3. The van der Waals surface area contributed by atoms with Crippen molar-refractivity contribution < 1.29 is 9.53 Å². The van der Waals surface area contributed by atoms with Crippen molar-refractivity contribution in [2.24, 2.45) is 10.4 Å². The van der Waals surface area contributed by atoms with Gasteiger partial charge in [-0.15, -0.1) is 24.0 Å². The summed E-state index contributed by atoms with van der Waals surface area (Å²) in [4.78, 5) is 18.6. The van der Waals surface area contributed by atoms with Gasteiger partial charge in [0.2, 0.25) is 0 Å². The summed E-state index contributed by atoms with van der Waals surface area (Å²) >= 11 is 0. The van der Waals surface area contributed by atoms with Gasteiger partial charge in [0.25, 0.3) is 0 Å². The zero-order chi connectivity index (χ0) is 21.9. The number of anilines is 1. The van der Waals surface area contributed by atoms with Gasteiger partial charge in [-0.25, -0.2) is 4.79 Å². The van der Waals surface area contributed by atoms with Gasteiger partial charge in [-0.1, -0.05) is 25.0 Å². The number of likely N-dealkylation sites (tertiary alicyclic amines) is 1. The number of guanidine groups is 1. The highest BCUT2D eigenvalue weighted by atomic mass is 127. The average molecular weight is 558 g/mol. The SMILES string of the molecule is CCOCCC1(CNC(=NC)NCc2cccc(NC(=O)N3CCCC3)c2)CCCC1.I. The van der Waals surface area contributed by atoms with Gasteiger partial charge in [0.1, 0.15) is 0 Å². The van der Waals surface area contributed by atoms with E-state index in [1.165, 1.54) is 25.7 Å². The van der Waals surface area contributed by atoms with Crippen LogP contribution in [0.2, 0.25) is 0 Å². The Morgan fingerprint density at radius 3 is 2.59 bits per heavy atom. The third kappa shape index (κ3) is 8.10. The number of benzene rings is 1. The second-order valence-corrected chi connectivity index (χ2v) is 8.76. The molecule has 8 heteroatoms. The molecule has 1 saturated carbocycles. The number of rotatable bonds is 9. The highest BCUT2D eigenvalue weighted by molar-refractivity contribution is 14.0. The Morgan fingerprint density at radius 2 is 1.91 bits per heavy atom. The van der Waals surface area contributed by atoms with Crippen molar-refractivity contribution in [3.05, 3.63) is 29.8 Å². The van der Waals surface area contributed by atoms with Crippen LogP contribution in [-0.4, -0.2) is 56.8 Å². The van der Waals surface area contributed by atoms with Crippen LogP contribution in [0.3, 0.4) is 0 Å². The van der Waals surface area contributed by atoms with Gasteiger partial charge in [0.15, 0.2) is 5.96 Å². The van der Waals surface area contributed by atoms with Crippen LogP contribution in [0.5, 0.6) is 0 Å². The van der Waals surface area contributed by atoms with Crippen LogP contribution in [0.1, 0.15) is 57.4 Å². The normalized spacial score (nSPS) is 17.7. The molecule has 1 saturated heterocycles. The number of carbonyl (C=O) groups excluding carboxylic acids is 1. The van der Waals surface area contributed by atoms with E-state index in [0.29, 0.717) is 12.0 Å². The van der Waals surface area contributed by atoms with Crippen LogP contribution in [-0.2, 0) is 11.3 Å². The summed E-state index contributed by atoms with van der Waals surface area (Å²) in [5.74, 6) is 0.814. The summed E-state index contributed by atoms with van der Waals surface area (Å²) in [7, 11) is 1.81. The maximum atomic E-state index is 12.3. The van der Waals surface area contributed by atoms with Crippen LogP contribution in [0.15, 0.2) is 29.3 Å². The van der Waals surface area contributed by atoms with Crippen LogP contribution >= 0.6 is 24.0 Å². The quantitative estimate of drug-likeness (QED) is 0.180. The Labute approximate surface area is 210 Å². The summed E-state index contributed by atoms with van der Waals surface area (Å²) < 4.78 is 5.62. The van der Waals surface area contributed by atoms with Crippen LogP contribution in [0.4, 0.5) is 10.5 Å². The average Bonchev–Trinajstić information content (AvgIpc) is 3.47. The third-order valence-electron chi connectivity index (χ3n) is 6.53. The lowest BCUT2D eigenvalue weighted by molar-refractivity contribution is 0.105. The minimum atomic E-state index is -0.00556. The molecule has 3 N–H and O–H groups in total. The largest absolute Gasteiger partial charge is 0.382 e. The van der Waals surface area contributed by atoms with Gasteiger partial charge < -0.3 is 25.6 Å². The number of amides is 2. The Kier molecular flexibility index (Phi) is 11.6. The Hall–Kier alpha value is -1.55. The zero-order valence-corrected chi connectivity index (χ0v) is 22.0. The maximum absolute atomic E-state index is 12.3. The number of hydrogen-bond acceptors (Lipinski definition) is 3. The van der Waals surface area contributed by atoms with Gasteiger partial charge in [-0.3, -0.25) is 4.99 Å². The number of carbonyl (C=O) groups is 1. The minimum Gasteiger partial charge on any atom is -0.382 e. The summed E-state index contributed by atoms with van der Waals surface area (Å²) in [6, 6.07) is 8.00. The van der Waals surface area contributed by atoms with Crippen molar-refractivity contribution >= 4 is 41.7 Å². The van der Waals surface area contributed by atoms with Gasteiger partial charge in [0.05, 0.1) is 0 Å². The number of halogens is 1. The number of aliphatic imine (C=N–C) groups is 1. The molecule has 0 radical (unpaired) electrons. The topological polar surface area (TPSA) is 78.0 Å². The van der Waals surface area contributed by atoms with E-state index in [9.17, 15) is 4.79 Å². The van der Waals surface area contributed by atoms with Crippen molar-refractivity contribution in [3.63, 3.8) is 0 Å². The fraction of sp³-hybridized carbons (Fsp3) is 0.667. The van der Waals surface area contributed by atoms with Crippen LogP contribution in [0, 0.1) is 5.41 Å². The molecule has 1 aromatic carbocycles. The van der Waals surface area contributed by atoms with E-state index in [1.807, 2.05) is 30.1 Å². The number of nitrogens with zero attached hydrogens (tertiary/aromatic N) is 2. The Balaban J connectivity index is 0.00000363. The number of ether oxygens (including phenoxy) is 1.